The van der Waals surface area contributed by atoms with Crippen molar-refractivity contribution in [3.05, 3.63) is 59.4 Å². The number of hydrogen-bond acceptors (Lipinski definition) is 3. The van der Waals surface area contributed by atoms with Crippen LogP contribution in [0.15, 0.2) is 42.7 Å². The largest absolute Gasteiger partial charge is 0.326 e. The van der Waals surface area contributed by atoms with Crippen LogP contribution in [0.4, 0.5) is 5.69 Å². The first-order chi connectivity index (χ1) is 10.1. The molecule has 4 heteroatoms. The number of pyridine rings is 1. The minimum Gasteiger partial charge on any atom is -0.326 e. The third kappa shape index (κ3) is 5.36. The third-order valence-electron chi connectivity index (χ3n) is 3.11. The molecule has 0 saturated carbocycles. The van der Waals surface area contributed by atoms with Crippen LogP contribution in [0, 0.1) is 13.8 Å². The monoisotopic (exact) mass is 283 g/mol. The molecule has 21 heavy (non-hydrogen) atoms. The second-order valence-electron chi connectivity index (χ2n) is 5.21. The van der Waals surface area contributed by atoms with E-state index in [9.17, 15) is 4.79 Å². The van der Waals surface area contributed by atoms with E-state index in [1.807, 2.05) is 38.1 Å². The molecule has 0 bridgehead atoms. The van der Waals surface area contributed by atoms with Crippen LogP contribution in [0.5, 0.6) is 0 Å². The minimum absolute atomic E-state index is 0.0298. The van der Waals surface area contributed by atoms with Crippen molar-refractivity contribution in [1.82, 2.24) is 10.3 Å². The van der Waals surface area contributed by atoms with E-state index < -0.39 is 0 Å². The van der Waals surface area contributed by atoms with E-state index >= 15 is 0 Å². The van der Waals surface area contributed by atoms with Crippen LogP contribution in [0.1, 0.15) is 23.1 Å². The molecule has 0 saturated heterocycles. The molecule has 2 N–H and O–H groups in total. The molecule has 0 radical (unpaired) electrons. The van der Waals surface area contributed by atoms with Crippen molar-refractivity contribution in [3.8, 4) is 0 Å². The molecule has 0 aliphatic rings. The van der Waals surface area contributed by atoms with Gasteiger partial charge in [0.25, 0.3) is 0 Å². The Morgan fingerprint density at radius 1 is 1.10 bits per heavy atom. The number of aryl methyl sites for hydroxylation is 2. The van der Waals surface area contributed by atoms with Crippen LogP contribution in [0.2, 0.25) is 0 Å². The maximum atomic E-state index is 11.9. The molecule has 0 fully saturated rings. The van der Waals surface area contributed by atoms with Crippen molar-refractivity contribution in [2.75, 3.05) is 11.9 Å². The average Bonchev–Trinajstić information content (AvgIpc) is 2.43. The first-order valence-electron chi connectivity index (χ1n) is 7.11. The van der Waals surface area contributed by atoms with E-state index in [2.05, 4.69) is 21.7 Å². The number of anilines is 1. The van der Waals surface area contributed by atoms with Gasteiger partial charge in [0.15, 0.2) is 0 Å². The molecular formula is C17H21N3O. The van der Waals surface area contributed by atoms with E-state index in [0.29, 0.717) is 13.0 Å². The number of aromatic nitrogens is 1. The Labute approximate surface area is 125 Å². The molecule has 0 unspecified atom stereocenters. The molecule has 0 aliphatic heterocycles. The van der Waals surface area contributed by atoms with Crippen molar-refractivity contribution in [2.45, 2.75) is 26.8 Å². The molecule has 4 nitrogen and oxygen atoms in total. The minimum atomic E-state index is 0.0298. The lowest BCUT2D eigenvalue weighted by molar-refractivity contribution is -0.116. The highest BCUT2D eigenvalue weighted by Crippen LogP contribution is 2.13. The van der Waals surface area contributed by atoms with Crippen molar-refractivity contribution in [1.29, 1.82) is 0 Å². The fraction of sp³-hybridized carbons (Fsp3) is 0.294. The summed E-state index contributed by atoms with van der Waals surface area (Å²) in [5.41, 5.74) is 4.34. The predicted octanol–water partition coefficient (Wildman–Crippen LogP) is 2.82. The Balaban J connectivity index is 1.72. The van der Waals surface area contributed by atoms with Crippen LogP contribution in [0.25, 0.3) is 0 Å². The van der Waals surface area contributed by atoms with Gasteiger partial charge in [0, 0.05) is 37.6 Å². The van der Waals surface area contributed by atoms with Crippen molar-refractivity contribution in [2.24, 2.45) is 0 Å². The van der Waals surface area contributed by atoms with Gasteiger partial charge < -0.3 is 10.6 Å². The van der Waals surface area contributed by atoms with Gasteiger partial charge in [-0.2, -0.15) is 0 Å². The third-order valence-corrected chi connectivity index (χ3v) is 3.11. The van der Waals surface area contributed by atoms with Gasteiger partial charge in [-0.3, -0.25) is 9.78 Å². The summed E-state index contributed by atoms with van der Waals surface area (Å²) in [6.07, 6.45) is 3.99. The molecule has 2 rings (SSSR count). The van der Waals surface area contributed by atoms with E-state index in [4.69, 9.17) is 0 Å². The Hall–Kier alpha value is -2.20. The number of carbonyl (C=O) groups excluding carboxylic acids is 1. The van der Waals surface area contributed by atoms with Crippen molar-refractivity contribution < 1.29 is 4.79 Å². The van der Waals surface area contributed by atoms with Gasteiger partial charge >= 0.3 is 0 Å². The normalized spacial score (nSPS) is 10.4. The predicted molar refractivity (Wildman–Crippen MR) is 85.1 cm³/mol. The Morgan fingerprint density at radius 3 is 2.43 bits per heavy atom. The summed E-state index contributed by atoms with van der Waals surface area (Å²) in [5, 5.41) is 6.19. The van der Waals surface area contributed by atoms with Crippen molar-refractivity contribution >= 4 is 11.6 Å². The van der Waals surface area contributed by atoms with Gasteiger partial charge in [-0.05, 0) is 54.8 Å². The highest BCUT2D eigenvalue weighted by molar-refractivity contribution is 5.91. The summed E-state index contributed by atoms with van der Waals surface area (Å²) in [6, 6.07) is 9.97. The fourth-order valence-electron chi connectivity index (χ4n) is 2.21. The topological polar surface area (TPSA) is 54.0 Å². The maximum Gasteiger partial charge on any atom is 0.225 e. The standard InChI is InChI=1S/C17H21N3O/c1-13-9-14(2)11-16(10-13)20-17(21)5-8-19-12-15-3-6-18-7-4-15/h3-4,6-7,9-11,19H,5,8,12H2,1-2H3,(H,20,21). The highest BCUT2D eigenvalue weighted by Gasteiger charge is 2.03. The van der Waals surface area contributed by atoms with E-state index in [0.717, 1.165) is 23.4 Å². The Kier molecular flexibility index (Phi) is 5.46. The number of benzene rings is 1. The first kappa shape index (κ1) is 15.2. The summed E-state index contributed by atoms with van der Waals surface area (Å²) in [6.45, 7) is 5.45. The molecule has 1 amide bonds. The lowest BCUT2D eigenvalue weighted by Crippen LogP contribution is -2.21. The summed E-state index contributed by atoms with van der Waals surface area (Å²) >= 11 is 0. The summed E-state index contributed by atoms with van der Waals surface area (Å²) < 4.78 is 0. The Morgan fingerprint density at radius 2 is 1.76 bits per heavy atom. The maximum absolute atomic E-state index is 11.9. The van der Waals surface area contributed by atoms with E-state index in [1.165, 1.54) is 5.56 Å². The number of amides is 1. The molecule has 1 heterocycles. The van der Waals surface area contributed by atoms with Crippen LogP contribution in [-0.4, -0.2) is 17.4 Å². The van der Waals surface area contributed by atoms with Crippen LogP contribution >= 0.6 is 0 Å². The molecular weight excluding hydrogens is 262 g/mol. The van der Waals surface area contributed by atoms with Crippen molar-refractivity contribution in [3.63, 3.8) is 0 Å². The lowest BCUT2D eigenvalue weighted by Gasteiger charge is -2.08. The van der Waals surface area contributed by atoms with Gasteiger partial charge in [0.2, 0.25) is 5.91 Å². The number of nitrogens with zero attached hydrogens (tertiary/aromatic N) is 1. The zero-order chi connectivity index (χ0) is 15.1. The second-order valence-corrected chi connectivity index (χ2v) is 5.21. The van der Waals surface area contributed by atoms with E-state index in [-0.39, 0.29) is 5.91 Å². The summed E-state index contributed by atoms with van der Waals surface area (Å²) in [5.74, 6) is 0.0298. The Bertz CT molecular complexity index is 576. The number of nitrogens with one attached hydrogen (secondary N) is 2. The zero-order valence-corrected chi connectivity index (χ0v) is 12.5. The first-order valence-corrected chi connectivity index (χ1v) is 7.11. The van der Waals surface area contributed by atoms with E-state index in [1.54, 1.807) is 12.4 Å². The average molecular weight is 283 g/mol. The van der Waals surface area contributed by atoms with Gasteiger partial charge in [0.05, 0.1) is 0 Å². The summed E-state index contributed by atoms with van der Waals surface area (Å²) in [4.78, 5) is 15.9. The van der Waals surface area contributed by atoms with Gasteiger partial charge in [-0.25, -0.2) is 0 Å². The van der Waals surface area contributed by atoms with Crippen LogP contribution in [-0.2, 0) is 11.3 Å². The SMILES string of the molecule is Cc1cc(C)cc(NC(=O)CCNCc2ccncc2)c1. The summed E-state index contributed by atoms with van der Waals surface area (Å²) in [7, 11) is 0. The van der Waals surface area contributed by atoms with Crippen LogP contribution < -0.4 is 10.6 Å². The molecule has 0 aliphatic carbocycles. The zero-order valence-electron chi connectivity index (χ0n) is 12.5. The van der Waals surface area contributed by atoms with Gasteiger partial charge in [-0.15, -0.1) is 0 Å². The number of rotatable bonds is 6. The molecule has 0 spiro atoms. The fourth-order valence-corrected chi connectivity index (χ4v) is 2.21. The molecule has 1 aromatic heterocycles. The molecule has 0 atom stereocenters. The van der Waals surface area contributed by atoms with Gasteiger partial charge in [0.1, 0.15) is 0 Å². The molecule has 110 valence electrons. The lowest BCUT2D eigenvalue weighted by atomic mass is 10.1. The molecule has 2 aromatic rings. The quantitative estimate of drug-likeness (QED) is 0.802. The molecule has 1 aromatic carbocycles. The van der Waals surface area contributed by atoms with Crippen LogP contribution in [0.3, 0.4) is 0 Å². The number of hydrogen-bond donors (Lipinski definition) is 2. The highest BCUT2D eigenvalue weighted by atomic mass is 16.1. The second kappa shape index (κ2) is 7.55. The number of carbonyl (C=O) groups is 1. The van der Waals surface area contributed by atoms with Gasteiger partial charge in [-0.1, -0.05) is 6.07 Å². The smallest absolute Gasteiger partial charge is 0.225 e.